The van der Waals surface area contributed by atoms with Crippen molar-refractivity contribution in [3.63, 3.8) is 0 Å². The highest BCUT2D eigenvalue weighted by Crippen LogP contribution is 1.78. The number of rotatable bonds is 4. The number of sulfonamides is 1. The fourth-order valence-electron chi connectivity index (χ4n) is 0.489. The van der Waals surface area contributed by atoms with Gasteiger partial charge in [0.25, 0.3) is 0 Å². The van der Waals surface area contributed by atoms with Gasteiger partial charge in [0.15, 0.2) is 0 Å². The van der Waals surface area contributed by atoms with Crippen molar-refractivity contribution in [3.05, 3.63) is 0 Å². The van der Waals surface area contributed by atoms with Crippen molar-refractivity contribution in [3.8, 4) is 0 Å². The van der Waals surface area contributed by atoms with Crippen LogP contribution in [0.3, 0.4) is 0 Å². The quantitative estimate of drug-likeness (QED) is 0.508. The lowest BCUT2D eigenvalue weighted by Gasteiger charge is -2.03. The molecule has 0 radical (unpaired) electrons. The summed E-state index contributed by atoms with van der Waals surface area (Å²) in [5, 5.41) is 4.66. The third kappa shape index (κ3) is 4.91. The minimum atomic E-state index is -3.22. The summed E-state index contributed by atoms with van der Waals surface area (Å²) in [5.41, 5.74) is 0. The van der Waals surface area contributed by atoms with Crippen LogP contribution in [-0.4, -0.2) is 40.8 Å². The molecule has 0 aliphatic heterocycles. The smallest absolute Gasteiger partial charge is 0.314 e. The Morgan fingerprint density at radius 1 is 1.33 bits per heavy atom. The Labute approximate surface area is 71.8 Å². The Morgan fingerprint density at radius 2 is 1.92 bits per heavy atom. The lowest BCUT2D eigenvalue weighted by atomic mass is 10.7. The highest BCUT2D eigenvalue weighted by Gasteiger charge is 2.06. The van der Waals surface area contributed by atoms with Gasteiger partial charge in [-0.3, -0.25) is 0 Å². The second-order valence-electron chi connectivity index (χ2n) is 2.03. The van der Waals surface area contributed by atoms with E-state index in [1.807, 2.05) is 0 Å². The molecule has 2 amide bonds. The van der Waals surface area contributed by atoms with E-state index in [4.69, 9.17) is 0 Å². The molecule has 0 saturated heterocycles. The van der Waals surface area contributed by atoms with Gasteiger partial charge in [-0.1, -0.05) is 0 Å². The topological polar surface area (TPSA) is 87.3 Å². The van der Waals surface area contributed by atoms with E-state index in [1.54, 1.807) is 0 Å². The summed E-state index contributed by atoms with van der Waals surface area (Å²) in [5.74, 6) is -0.114. The number of hydrogen-bond donors (Lipinski definition) is 3. The van der Waals surface area contributed by atoms with Crippen molar-refractivity contribution in [2.45, 2.75) is 0 Å². The molecular formula is C5H13N3O3S. The number of urea groups is 1. The van der Waals surface area contributed by atoms with Gasteiger partial charge in [0, 0.05) is 13.6 Å². The van der Waals surface area contributed by atoms with Crippen LogP contribution in [0.5, 0.6) is 0 Å². The monoisotopic (exact) mass is 195 g/mol. The van der Waals surface area contributed by atoms with Crippen LogP contribution in [0.2, 0.25) is 0 Å². The van der Waals surface area contributed by atoms with Crippen LogP contribution in [0.25, 0.3) is 0 Å². The van der Waals surface area contributed by atoms with Crippen LogP contribution in [0, 0.1) is 0 Å². The second-order valence-corrected chi connectivity index (χ2v) is 4.07. The molecular weight excluding hydrogens is 182 g/mol. The molecule has 72 valence electrons. The molecule has 0 saturated carbocycles. The molecule has 7 heteroatoms. The zero-order chi connectivity index (χ0) is 9.61. The Balaban J connectivity index is 3.64. The minimum Gasteiger partial charge on any atom is -0.341 e. The summed E-state index contributed by atoms with van der Waals surface area (Å²) < 4.78 is 23.7. The fourth-order valence-corrected chi connectivity index (χ4v) is 1.06. The van der Waals surface area contributed by atoms with Gasteiger partial charge in [0.2, 0.25) is 10.0 Å². The maximum absolute atomic E-state index is 10.8. The van der Waals surface area contributed by atoms with Gasteiger partial charge < -0.3 is 10.6 Å². The average Bonchev–Trinajstić information content (AvgIpc) is 2.04. The molecule has 0 atom stereocenters. The van der Waals surface area contributed by atoms with Crippen LogP contribution < -0.4 is 15.4 Å². The molecule has 0 heterocycles. The molecule has 0 aromatic heterocycles. The van der Waals surface area contributed by atoms with Crippen LogP contribution in [0.1, 0.15) is 0 Å². The number of carbonyl (C=O) groups is 1. The van der Waals surface area contributed by atoms with E-state index in [0.29, 0.717) is 0 Å². The standard InChI is InChI=1S/C5H13N3O3S/c1-6-5(9)8-3-4-12(10,11)7-2/h7H,3-4H2,1-2H3,(H2,6,8,9). The van der Waals surface area contributed by atoms with Crippen LogP contribution in [0.4, 0.5) is 4.79 Å². The lowest BCUT2D eigenvalue weighted by Crippen LogP contribution is -2.37. The Kier molecular flexibility index (Phi) is 4.60. The highest BCUT2D eigenvalue weighted by atomic mass is 32.2. The fraction of sp³-hybridized carbons (Fsp3) is 0.800. The van der Waals surface area contributed by atoms with Gasteiger partial charge in [0.1, 0.15) is 0 Å². The van der Waals surface area contributed by atoms with Crippen molar-refractivity contribution in [2.75, 3.05) is 26.4 Å². The molecule has 0 fully saturated rings. The largest absolute Gasteiger partial charge is 0.341 e. The van der Waals surface area contributed by atoms with Gasteiger partial charge in [0.05, 0.1) is 5.75 Å². The molecule has 3 N–H and O–H groups in total. The Bertz CT molecular complexity index is 236. The number of nitrogens with one attached hydrogen (secondary N) is 3. The first-order chi connectivity index (χ1) is 5.52. The first-order valence-electron chi connectivity index (χ1n) is 3.38. The minimum absolute atomic E-state index is 0.100. The predicted octanol–water partition coefficient (Wildman–Crippen LogP) is -1.54. The molecule has 6 nitrogen and oxygen atoms in total. The number of amides is 2. The molecule has 0 rings (SSSR count). The zero-order valence-electron chi connectivity index (χ0n) is 7.05. The lowest BCUT2D eigenvalue weighted by molar-refractivity contribution is 0.243. The maximum Gasteiger partial charge on any atom is 0.314 e. The molecule has 12 heavy (non-hydrogen) atoms. The normalized spacial score (nSPS) is 10.8. The van der Waals surface area contributed by atoms with E-state index >= 15 is 0 Å². The summed E-state index contributed by atoms with van der Waals surface area (Å²) in [7, 11) is -0.427. The first-order valence-corrected chi connectivity index (χ1v) is 5.04. The van der Waals surface area contributed by atoms with E-state index in [2.05, 4.69) is 15.4 Å². The molecule has 0 aromatic rings. The third-order valence-electron chi connectivity index (χ3n) is 1.19. The van der Waals surface area contributed by atoms with E-state index in [-0.39, 0.29) is 18.3 Å². The number of hydrogen-bond acceptors (Lipinski definition) is 3. The zero-order valence-corrected chi connectivity index (χ0v) is 7.86. The van der Waals surface area contributed by atoms with Gasteiger partial charge >= 0.3 is 6.03 Å². The summed E-state index contributed by atoms with van der Waals surface area (Å²) in [4.78, 5) is 10.5. The highest BCUT2D eigenvalue weighted by molar-refractivity contribution is 7.89. The Hall–Kier alpha value is -0.820. The van der Waals surface area contributed by atoms with E-state index in [9.17, 15) is 13.2 Å². The van der Waals surface area contributed by atoms with Gasteiger partial charge in [-0.05, 0) is 7.05 Å². The summed E-state index contributed by atoms with van der Waals surface area (Å²) >= 11 is 0. The first kappa shape index (κ1) is 11.2. The van der Waals surface area contributed by atoms with Crippen LogP contribution in [0.15, 0.2) is 0 Å². The van der Waals surface area contributed by atoms with Gasteiger partial charge in [-0.25, -0.2) is 17.9 Å². The van der Waals surface area contributed by atoms with Crippen LogP contribution >= 0.6 is 0 Å². The van der Waals surface area contributed by atoms with Gasteiger partial charge in [-0.2, -0.15) is 0 Å². The van der Waals surface area contributed by atoms with Crippen molar-refractivity contribution in [1.82, 2.24) is 15.4 Å². The van der Waals surface area contributed by atoms with Crippen LogP contribution in [-0.2, 0) is 10.0 Å². The average molecular weight is 195 g/mol. The molecule has 0 spiro atoms. The molecule has 0 aromatic carbocycles. The van der Waals surface area contributed by atoms with Crippen molar-refractivity contribution in [1.29, 1.82) is 0 Å². The van der Waals surface area contributed by atoms with Gasteiger partial charge in [-0.15, -0.1) is 0 Å². The third-order valence-corrected chi connectivity index (χ3v) is 2.56. The summed E-state index contributed by atoms with van der Waals surface area (Å²) in [6.07, 6.45) is 0. The Morgan fingerprint density at radius 3 is 2.33 bits per heavy atom. The van der Waals surface area contributed by atoms with E-state index in [0.717, 1.165) is 0 Å². The van der Waals surface area contributed by atoms with Crippen molar-refractivity contribution >= 4 is 16.1 Å². The van der Waals surface area contributed by atoms with Crippen molar-refractivity contribution in [2.24, 2.45) is 0 Å². The van der Waals surface area contributed by atoms with E-state index in [1.165, 1.54) is 14.1 Å². The number of carbonyl (C=O) groups excluding carboxylic acids is 1. The molecule has 0 unspecified atom stereocenters. The van der Waals surface area contributed by atoms with E-state index < -0.39 is 10.0 Å². The SMILES string of the molecule is CNC(=O)NCCS(=O)(=O)NC. The van der Waals surface area contributed by atoms with Crippen molar-refractivity contribution < 1.29 is 13.2 Å². The summed E-state index contributed by atoms with van der Waals surface area (Å²) in [6.45, 7) is 0.100. The molecule has 0 aliphatic carbocycles. The molecule has 0 bridgehead atoms. The predicted molar refractivity (Wildman–Crippen MR) is 45.3 cm³/mol. The molecule has 0 aliphatic rings. The summed E-state index contributed by atoms with van der Waals surface area (Å²) in [6, 6.07) is -0.388. The second kappa shape index (κ2) is 4.94. The maximum atomic E-state index is 10.8.